The van der Waals surface area contributed by atoms with Gasteiger partial charge in [0.05, 0.1) is 5.69 Å². The Morgan fingerprint density at radius 2 is 2.26 bits per heavy atom. The van der Waals surface area contributed by atoms with Crippen molar-refractivity contribution in [2.75, 3.05) is 13.2 Å². The van der Waals surface area contributed by atoms with Gasteiger partial charge in [-0.2, -0.15) is 5.10 Å². The second-order valence-corrected chi connectivity index (χ2v) is 6.74. The summed E-state index contributed by atoms with van der Waals surface area (Å²) in [5.41, 5.74) is 1.86. The number of aryl methyl sites for hydroxylation is 2. The largest absolute Gasteiger partial charge is 0.452 e. The van der Waals surface area contributed by atoms with E-state index in [4.69, 9.17) is 16.3 Å². The van der Waals surface area contributed by atoms with Crippen LogP contribution in [0.2, 0.25) is 5.15 Å². The molecule has 8 heteroatoms. The summed E-state index contributed by atoms with van der Waals surface area (Å²) in [4.78, 5) is 27.4. The number of carbonyl (C=O) groups excluding carboxylic acids is 2. The lowest BCUT2D eigenvalue weighted by Crippen LogP contribution is -2.38. The van der Waals surface area contributed by atoms with E-state index in [1.54, 1.807) is 30.2 Å². The number of halogens is 1. The summed E-state index contributed by atoms with van der Waals surface area (Å²) in [7, 11) is 1.64. The molecule has 0 aromatic carbocycles. The minimum atomic E-state index is -0.623. The zero-order valence-corrected chi connectivity index (χ0v) is 14.4. The summed E-state index contributed by atoms with van der Waals surface area (Å²) >= 11 is 7.74. The monoisotopic (exact) mass is 353 g/mol. The number of amides is 1. The van der Waals surface area contributed by atoms with Gasteiger partial charge >= 0.3 is 5.97 Å². The van der Waals surface area contributed by atoms with Gasteiger partial charge in [0.2, 0.25) is 0 Å². The van der Waals surface area contributed by atoms with Crippen LogP contribution in [0.3, 0.4) is 0 Å². The van der Waals surface area contributed by atoms with Gasteiger partial charge in [0.1, 0.15) is 10.7 Å². The molecule has 6 nitrogen and oxygen atoms in total. The minimum Gasteiger partial charge on any atom is -0.452 e. The first-order valence-electron chi connectivity index (χ1n) is 7.16. The summed E-state index contributed by atoms with van der Waals surface area (Å²) in [5.74, 6) is -0.824. The van der Waals surface area contributed by atoms with Crippen molar-refractivity contribution in [2.24, 2.45) is 7.05 Å². The molecular weight excluding hydrogens is 338 g/mol. The first-order chi connectivity index (χ1) is 11.0. The molecule has 0 atom stereocenters. The number of rotatable bonds is 3. The van der Waals surface area contributed by atoms with Gasteiger partial charge in [0.25, 0.3) is 5.91 Å². The van der Waals surface area contributed by atoms with Crippen LogP contribution in [0, 0.1) is 6.92 Å². The Hall–Kier alpha value is -1.86. The van der Waals surface area contributed by atoms with Gasteiger partial charge in [-0.25, -0.2) is 4.79 Å². The predicted octanol–water partition coefficient (Wildman–Crippen LogP) is 2.19. The average Bonchev–Trinajstić information content (AvgIpc) is 3.08. The summed E-state index contributed by atoms with van der Waals surface area (Å²) < 4.78 is 6.52. The lowest BCUT2D eigenvalue weighted by Gasteiger charge is -2.26. The van der Waals surface area contributed by atoms with E-state index in [0.717, 1.165) is 6.42 Å². The van der Waals surface area contributed by atoms with Crippen LogP contribution < -0.4 is 0 Å². The van der Waals surface area contributed by atoms with E-state index in [9.17, 15) is 9.59 Å². The highest BCUT2D eigenvalue weighted by Crippen LogP contribution is 2.24. The Kier molecular flexibility index (Phi) is 4.41. The number of nitrogens with zero attached hydrogens (tertiary/aromatic N) is 3. The predicted molar refractivity (Wildman–Crippen MR) is 86.7 cm³/mol. The number of hydrogen-bond donors (Lipinski definition) is 0. The molecule has 0 aliphatic carbocycles. The molecule has 0 N–H and O–H groups in total. The van der Waals surface area contributed by atoms with Gasteiger partial charge in [-0.15, -0.1) is 11.3 Å². The molecule has 3 rings (SSSR count). The third-order valence-corrected chi connectivity index (χ3v) is 5.30. The van der Waals surface area contributed by atoms with Crippen molar-refractivity contribution in [1.29, 1.82) is 0 Å². The van der Waals surface area contributed by atoms with Crippen LogP contribution in [0.1, 0.15) is 26.5 Å². The number of carbonyl (C=O) groups is 2. The smallest absolute Gasteiger partial charge is 0.343 e. The zero-order valence-electron chi connectivity index (χ0n) is 12.8. The molecule has 1 amide bonds. The molecule has 0 fully saturated rings. The van der Waals surface area contributed by atoms with Crippen LogP contribution in [0.4, 0.5) is 0 Å². The molecule has 0 radical (unpaired) electrons. The second-order valence-electron chi connectivity index (χ2n) is 5.39. The van der Waals surface area contributed by atoms with Gasteiger partial charge in [0.15, 0.2) is 6.61 Å². The van der Waals surface area contributed by atoms with Crippen LogP contribution in [-0.2, 0) is 29.5 Å². The first kappa shape index (κ1) is 16.0. The van der Waals surface area contributed by atoms with Crippen molar-refractivity contribution in [3.05, 3.63) is 38.3 Å². The highest BCUT2D eigenvalue weighted by molar-refractivity contribution is 7.10. The zero-order chi connectivity index (χ0) is 16.6. The van der Waals surface area contributed by atoms with E-state index < -0.39 is 5.97 Å². The van der Waals surface area contributed by atoms with E-state index in [1.807, 2.05) is 11.4 Å². The Morgan fingerprint density at radius 1 is 1.48 bits per heavy atom. The van der Waals surface area contributed by atoms with Gasteiger partial charge in [-0.3, -0.25) is 9.48 Å². The average molecular weight is 354 g/mol. The Bertz CT molecular complexity index is 768. The van der Waals surface area contributed by atoms with Crippen LogP contribution in [0.25, 0.3) is 0 Å². The van der Waals surface area contributed by atoms with Crippen LogP contribution in [0.15, 0.2) is 11.4 Å². The third-order valence-electron chi connectivity index (χ3n) is 3.84. The van der Waals surface area contributed by atoms with Crippen molar-refractivity contribution in [3.8, 4) is 0 Å². The van der Waals surface area contributed by atoms with Crippen molar-refractivity contribution in [1.82, 2.24) is 14.7 Å². The molecule has 2 aromatic heterocycles. The van der Waals surface area contributed by atoms with Gasteiger partial charge < -0.3 is 9.64 Å². The number of esters is 1. The van der Waals surface area contributed by atoms with E-state index in [0.29, 0.717) is 18.8 Å². The van der Waals surface area contributed by atoms with Crippen molar-refractivity contribution < 1.29 is 14.3 Å². The highest BCUT2D eigenvalue weighted by atomic mass is 35.5. The van der Waals surface area contributed by atoms with E-state index in [2.05, 4.69) is 5.10 Å². The Balaban J connectivity index is 1.60. The van der Waals surface area contributed by atoms with Gasteiger partial charge in [-0.05, 0) is 30.4 Å². The third kappa shape index (κ3) is 3.11. The first-order valence-corrected chi connectivity index (χ1v) is 8.42. The lowest BCUT2D eigenvalue weighted by molar-refractivity contribution is -0.135. The molecule has 1 aliphatic rings. The maximum Gasteiger partial charge on any atom is 0.343 e. The summed E-state index contributed by atoms with van der Waals surface area (Å²) in [6.07, 6.45) is 0.847. The number of thiophene rings is 1. The van der Waals surface area contributed by atoms with E-state index >= 15 is 0 Å². The number of hydrogen-bond acceptors (Lipinski definition) is 5. The SMILES string of the molecule is Cc1nn(C)c(Cl)c1C(=O)OCC(=O)N1CCc2sccc2C1. The quantitative estimate of drug-likeness (QED) is 0.793. The molecule has 0 spiro atoms. The summed E-state index contributed by atoms with van der Waals surface area (Å²) in [5, 5.41) is 6.30. The number of aromatic nitrogens is 2. The van der Waals surface area contributed by atoms with Gasteiger partial charge in [0, 0.05) is 25.0 Å². The molecule has 2 aromatic rings. The maximum atomic E-state index is 12.2. The fraction of sp³-hybridized carbons (Fsp3) is 0.400. The van der Waals surface area contributed by atoms with E-state index in [1.165, 1.54) is 15.1 Å². The lowest BCUT2D eigenvalue weighted by atomic mass is 10.1. The van der Waals surface area contributed by atoms with Crippen molar-refractivity contribution >= 4 is 34.8 Å². The molecule has 0 bridgehead atoms. The maximum absolute atomic E-state index is 12.2. The van der Waals surface area contributed by atoms with Crippen molar-refractivity contribution in [2.45, 2.75) is 19.9 Å². The molecule has 0 saturated carbocycles. The fourth-order valence-corrected chi connectivity index (χ4v) is 3.76. The van der Waals surface area contributed by atoms with Gasteiger partial charge in [-0.1, -0.05) is 11.6 Å². The van der Waals surface area contributed by atoms with Crippen LogP contribution in [0.5, 0.6) is 0 Å². The summed E-state index contributed by atoms with van der Waals surface area (Å²) in [6.45, 7) is 2.61. The normalized spacial score (nSPS) is 13.8. The van der Waals surface area contributed by atoms with Crippen molar-refractivity contribution in [3.63, 3.8) is 0 Å². The van der Waals surface area contributed by atoms with E-state index in [-0.39, 0.29) is 23.2 Å². The molecule has 23 heavy (non-hydrogen) atoms. The fourth-order valence-electron chi connectivity index (χ4n) is 2.61. The van der Waals surface area contributed by atoms with Crippen LogP contribution >= 0.6 is 22.9 Å². The minimum absolute atomic E-state index is 0.201. The standard InChI is InChI=1S/C15H16ClN3O3S/c1-9-13(14(16)18(2)17-9)15(21)22-8-12(20)19-5-3-11-10(7-19)4-6-23-11/h4,6H,3,5,7-8H2,1-2H3. The number of ether oxygens (including phenoxy) is 1. The molecule has 122 valence electrons. The summed E-state index contributed by atoms with van der Waals surface area (Å²) in [6, 6.07) is 2.03. The topological polar surface area (TPSA) is 64.4 Å². The molecule has 3 heterocycles. The molecular formula is C15H16ClN3O3S. The highest BCUT2D eigenvalue weighted by Gasteiger charge is 2.25. The Morgan fingerprint density at radius 3 is 2.96 bits per heavy atom. The molecule has 1 aliphatic heterocycles. The second kappa shape index (κ2) is 6.33. The molecule has 0 unspecified atom stereocenters. The van der Waals surface area contributed by atoms with Crippen LogP contribution in [-0.4, -0.2) is 39.7 Å². The number of fused-ring (bicyclic) bond motifs is 1. The molecule has 0 saturated heterocycles. The Labute approximate surface area is 142 Å².